The zero-order valence-corrected chi connectivity index (χ0v) is 14.0. The van der Waals surface area contributed by atoms with E-state index >= 15 is 0 Å². The minimum absolute atomic E-state index is 0.0170. The van der Waals surface area contributed by atoms with Gasteiger partial charge < -0.3 is 10.4 Å². The van der Waals surface area contributed by atoms with Crippen molar-refractivity contribution in [2.24, 2.45) is 0 Å². The lowest BCUT2D eigenvalue weighted by Crippen LogP contribution is -2.53. The summed E-state index contributed by atoms with van der Waals surface area (Å²) in [5.74, 6) is 0. The van der Waals surface area contributed by atoms with E-state index in [0.717, 1.165) is 12.8 Å². The fourth-order valence-corrected chi connectivity index (χ4v) is 4.83. The number of aryl methyl sites for hydroxylation is 2. The summed E-state index contributed by atoms with van der Waals surface area (Å²) in [4.78, 5) is 1.38. The van der Waals surface area contributed by atoms with Gasteiger partial charge in [0.15, 0.2) is 0 Å². The van der Waals surface area contributed by atoms with Crippen molar-refractivity contribution in [3.05, 3.63) is 29.3 Å². The number of aliphatic hydroxyl groups excluding tert-OH is 1. The van der Waals surface area contributed by atoms with Gasteiger partial charge in [-0.05, 0) is 69.2 Å². The monoisotopic (exact) mass is 305 g/mol. The Hall–Kier alpha value is -0.510. The number of hydrogen-bond donors (Lipinski definition) is 2. The Kier molecular flexibility index (Phi) is 4.63. The molecular weight excluding hydrogens is 278 g/mol. The van der Waals surface area contributed by atoms with Gasteiger partial charge >= 0.3 is 0 Å². The van der Waals surface area contributed by atoms with E-state index in [2.05, 4.69) is 37.4 Å². The average Bonchev–Trinajstić information content (AvgIpc) is 3.27. The van der Waals surface area contributed by atoms with E-state index in [1.165, 1.54) is 41.7 Å². The Balaban J connectivity index is 1.65. The van der Waals surface area contributed by atoms with Crippen LogP contribution in [0.4, 0.5) is 0 Å². The van der Waals surface area contributed by atoms with Crippen LogP contribution in [0.5, 0.6) is 0 Å². The first-order valence-corrected chi connectivity index (χ1v) is 9.11. The molecule has 0 spiro atoms. The van der Waals surface area contributed by atoms with Gasteiger partial charge in [0, 0.05) is 21.7 Å². The molecule has 0 radical (unpaired) electrons. The fraction of sp³-hybridized carbons (Fsp3) is 0.667. The zero-order valence-electron chi connectivity index (χ0n) is 13.2. The third kappa shape index (κ3) is 3.82. The molecule has 0 aromatic heterocycles. The zero-order chi connectivity index (χ0) is 14.9. The smallest absolute Gasteiger partial charge is 0.0613 e. The summed E-state index contributed by atoms with van der Waals surface area (Å²) in [6.45, 7) is 4.64. The largest absolute Gasteiger partial charge is 0.394 e. The highest BCUT2D eigenvalue weighted by Crippen LogP contribution is 2.40. The van der Waals surface area contributed by atoms with Crippen LogP contribution in [0.2, 0.25) is 0 Å². The normalized spacial score (nSPS) is 29.6. The minimum atomic E-state index is -0.0170. The van der Waals surface area contributed by atoms with E-state index < -0.39 is 0 Å². The molecular formula is C18H27NOS. The van der Waals surface area contributed by atoms with Gasteiger partial charge in [0.05, 0.1) is 6.61 Å². The van der Waals surface area contributed by atoms with Crippen LogP contribution in [-0.4, -0.2) is 28.5 Å². The summed E-state index contributed by atoms with van der Waals surface area (Å²) in [5, 5.41) is 14.3. The summed E-state index contributed by atoms with van der Waals surface area (Å²) in [6.07, 6.45) is 7.30. The first-order chi connectivity index (χ1) is 10.1. The SMILES string of the molecule is Cc1ccc(SC2CCCC(CO)(NC3CC3)C2)cc1C. The highest BCUT2D eigenvalue weighted by molar-refractivity contribution is 8.00. The van der Waals surface area contributed by atoms with E-state index in [-0.39, 0.29) is 12.1 Å². The number of hydrogen-bond acceptors (Lipinski definition) is 3. The highest BCUT2D eigenvalue weighted by atomic mass is 32.2. The molecule has 0 amide bonds. The molecule has 21 heavy (non-hydrogen) atoms. The minimum Gasteiger partial charge on any atom is -0.394 e. The molecule has 1 aromatic carbocycles. The lowest BCUT2D eigenvalue weighted by molar-refractivity contribution is 0.122. The molecule has 0 heterocycles. The Morgan fingerprint density at radius 3 is 2.71 bits per heavy atom. The quantitative estimate of drug-likeness (QED) is 0.867. The van der Waals surface area contributed by atoms with E-state index in [4.69, 9.17) is 0 Å². The second-order valence-corrected chi connectivity index (χ2v) is 8.31. The second kappa shape index (κ2) is 6.31. The predicted molar refractivity (Wildman–Crippen MR) is 90.0 cm³/mol. The van der Waals surface area contributed by atoms with Crippen molar-refractivity contribution in [2.75, 3.05) is 6.61 Å². The summed E-state index contributed by atoms with van der Waals surface area (Å²) in [6, 6.07) is 7.45. The van der Waals surface area contributed by atoms with Gasteiger partial charge in [-0.1, -0.05) is 12.5 Å². The van der Waals surface area contributed by atoms with Crippen LogP contribution in [0.15, 0.2) is 23.1 Å². The predicted octanol–water partition coefficient (Wildman–Crippen LogP) is 3.82. The topological polar surface area (TPSA) is 32.3 Å². The van der Waals surface area contributed by atoms with E-state index in [1.54, 1.807) is 0 Å². The van der Waals surface area contributed by atoms with Crippen LogP contribution in [0.3, 0.4) is 0 Å². The third-order valence-electron chi connectivity index (χ3n) is 4.97. The third-order valence-corrected chi connectivity index (χ3v) is 6.23. The molecule has 2 aliphatic carbocycles. The van der Waals surface area contributed by atoms with Crippen LogP contribution < -0.4 is 5.32 Å². The van der Waals surface area contributed by atoms with Crippen LogP contribution in [0.1, 0.15) is 49.7 Å². The van der Waals surface area contributed by atoms with Crippen molar-refractivity contribution in [3.8, 4) is 0 Å². The van der Waals surface area contributed by atoms with Crippen molar-refractivity contribution in [1.29, 1.82) is 0 Å². The standard InChI is InChI=1S/C18H27NOS/c1-13-5-8-16(10-14(13)2)21-17-4-3-9-18(11-17,12-20)19-15-6-7-15/h5,8,10,15,17,19-20H,3-4,6-7,9,11-12H2,1-2H3. The lowest BCUT2D eigenvalue weighted by Gasteiger charge is -2.40. The second-order valence-electron chi connectivity index (χ2n) is 6.94. The molecule has 2 atom stereocenters. The Labute approximate surface area is 132 Å². The molecule has 116 valence electrons. The molecule has 3 rings (SSSR count). The molecule has 3 heteroatoms. The van der Waals surface area contributed by atoms with Crippen molar-refractivity contribution in [1.82, 2.24) is 5.32 Å². The molecule has 0 saturated heterocycles. The molecule has 0 bridgehead atoms. The first kappa shape index (κ1) is 15.4. The van der Waals surface area contributed by atoms with E-state index in [0.29, 0.717) is 11.3 Å². The van der Waals surface area contributed by atoms with Crippen molar-refractivity contribution in [2.45, 2.75) is 74.1 Å². The molecule has 2 nitrogen and oxygen atoms in total. The number of aliphatic hydroxyl groups is 1. The Morgan fingerprint density at radius 1 is 1.24 bits per heavy atom. The van der Waals surface area contributed by atoms with Crippen molar-refractivity contribution >= 4 is 11.8 Å². The number of rotatable bonds is 5. The summed E-state index contributed by atoms with van der Waals surface area (Å²) < 4.78 is 0. The van der Waals surface area contributed by atoms with Crippen LogP contribution >= 0.6 is 11.8 Å². The van der Waals surface area contributed by atoms with Crippen molar-refractivity contribution < 1.29 is 5.11 Å². The van der Waals surface area contributed by atoms with E-state index in [9.17, 15) is 5.11 Å². The average molecular weight is 305 g/mol. The van der Waals surface area contributed by atoms with Crippen molar-refractivity contribution in [3.63, 3.8) is 0 Å². The molecule has 2 saturated carbocycles. The number of nitrogens with one attached hydrogen (secondary N) is 1. The van der Waals surface area contributed by atoms with Gasteiger partial charge in [0.1, 0.15) is 0 Å². The lowest BCUT2D eigenvalue weighted by atomic mass is 9.82. The van der Waals surface area contributed by atoms with Gasteiger partial charge in [-0.25, -0.2) is 0 Å². The van der Waals surface area contributed by atoms with Crippen LogP contribution in [-0.2, 0) is 0 Å². The van der Waals surface area contributed by atoms with Crippen LogP contribution in [0.25, 0.3) is 0 Å². The molecule has 2 aliphatic rings. The number of benzene rings is 1. The molecule has 2 N–H and O–H groups in total. The highest BCUT2D eigenvalue weighted by Gasteiger charge is 2.39. The molecule has 2 fully saturated rings. The van der Waals surface area contributed by atoms with Gasteiger partial charge in [-0.2, -0.15) is 0 Å². The van der Waals surface area contributed by atoms with E-state index in [1.807, 2.05) is 11.8 Å². The molecule has 2 unspecified atom stereocenters. The summed E-state index contributed by atoms with van der Waals surface area (Å²) in [5.41, 5.74) is 2.72. The van der Waals surface area contributed by atoms with Gasteiger partial charge in [-0.15, -0.1) is 11.8 Å². The van der Waals surface area contributed by atoms with Gasteiger partial charge in [-0.3, -0.25) is 0 Å². The maximum absolute atomic E-state index is 9.91. The maximum Gasteiger partial charge on any atom is 0.0613 e. The van der Waals surface area contributed by atoms with Crippen LogP contribution in [0, 0.1) is 13.8 Å². The molecule has 0 aliphatic heterocycles. The van der Waals surface area contributed by atoms with Gasteiger partial charge in [0.25, 0.3) is 0 Å². The maximum atomic E-state index is 9.91. The first-order valence-electron chi connectivity index (χ1n) is 8.23. The number of thioether (sulfide) groups is 1. The van der Waals surface area contributed by atoms with Gasteiger partial charge in [0.2, 0.25) is 0 Å². The summed E-state index contributed by atoms with van der Waals surface area (Å²) >= 11 is 2.00. The Bertz CT molecular complexity index is 500. The molecule has 1 aromatic rings. The fourth-order valence-electron chi connectivity index (χ4n) is 3.37. The Morgan fingerprint density at radius 2 is 2.05 bits per heavy atom. The summed E-state index contributed by atoms with van der Waals surface area (Å²) in [7, 11) is 0.